The Hall–Kier alpha value is -1.52. The van der Waals surface area contributed by atoms with E-state index in [1.54, 1.807) is 12.1 Å². The minimum Gasteiger partial charge on any atom is -0.508 e. The zero-order valence-corrected chi connectivity index (χ0v) is 15.3. The van der Waals surface area contributed by atoms with E-state index in [4.69, 9.17) is 4.74 Å². The summed E-state index contributed by atoms with van der Waals surface area (Å²) in [5.74, 6) is 0.685. The first kappa shape index (κ1) is 16.9. The molecule has 2 heterocycles. The fourth-order valence-electron chi connectivity index (χ4n) is 5.44. The summed E-state index contributed by atoms with van der Waals surface area (Å²) in [6.45, 7) is 6.66. The van der Waals surface area contributed by atoms with Gasteiger partial charge in [0, 0.05) is 30.1 Å². The molecule has 5 unspecified atom stereocenters. The average Bonchev–Trinajstić information content (AvgIpc) is 3.02. The molecule has 2 aliphatic heterocycles. The number of benzene rings is 1. The normalized spacial score (nSPS) is 41.3. The Bertz CT molecular complexity index is 683. The van der Waals surface area contributed by atoms with E-state index in [-0.39, 0.29) is 17.3 Å². The van der Waals surface area contributed by atoms with Gasteiger partial charge in [0.1, 0.15) is 5.75 Å². The van der Waals surface area contributed by atoms with Crippen LogP contribution in [0.3, 0.4) is 0 Å². The van der Waals surface area contributed by atoms with Gasteiger partial charge in [-0.05, 0) is 60.9 Å². The molecule has 2 saturated heterocycles. The molecular formula is C21H29NO3. The van der Waals surface area contributed by atoms with Crippen molar-refractivity contribution in [1.29, 1.82) is 0 Å². The number of phenolic OH excluding ortho intramolecular Hbond substituents is 1. The summed E-state index contributed by atoms with van der Waals surface area (Å²) in [5.41, 5.74) is 2.01. The molecule has 4 nitrogen and oxygen atoms in total. The molecule has 0 aromatic heterocycles. The number of phenols is 1. The summed E-state index contributed by atoms with van der Waals surface area (Å²) in [7, 11) is 0. The van der Waals surface area contributed by atoms with Crippen molar-refractivity contribution in [1.82, 2.24) is 0 Å². The second-order valence-electron chi connectivity index (χ2n) is 8.57. The van der Waals surface area contributed by atoms with Crippen LogP contribution < -0.4 is 5.32 Å². The molecule has 4 rings (SSSR count). The molecule has 1 spiro atoms. The van der Waals surface area contributed by atoms with Crippen molar-refractivity contribution in [2.75, 3.05) is 5.32 Å². The number of ether oxygens (including phenoxy) is 1. The Morgan fingerprint density at radius 2 is 1.96 bits per heavy atom. The highest BCUT2D eigenvalue weighted by Crippen LogP contribution is 2.64. The maximum absolute atomic E-state index is 11.3. The molecule has 1 aromatic rings. The van der Waals surface area contributed by atoms with Gasteiger partial charge in [-0.15, -0.1) is 0 Å². The van der Waals surface area contributed by atoms with Gasteiger partial charge in [-0.1, -0.05) is 20.8 Å². The van der Waals surface area contributed by atoms with Gasteiger partial charge in [-0.3, -0.25) is 0 Å². The number of aromatic hydroxyl groups is 1. The van der Waals surface area contributed by atoms with E-state index in [9.17, 15) is 10.2 Å². The van der Waals surface area contributed by atoms with E-state index in [1.165, 1.54) is 5.57 Å². The molecule has 136 valence electrons. The molecule has 4 heteroatoms. The Labute approximate surface area is 149 Å². The Balaban J connectivity index is 1.65. The van der Waals surface area contributed by atoms with E-state index in [1.807, 2.05) is 12.1 Å². The standard InChI is InChI=1S/C21H29NO3/c1-13(2)19-11-20-14(3)4-9-18(20)15(10-21(19,24)25-20)12-22-16-5-7-17(23)8-6-16/h5-8,12-14,18-19,22-24H,4,9-11H2,1-3H3/b15-12+. The van der Waals surface area contributed by atoms with Crippen LogP contribution in [0.15, 0.2) is 36.0 Å². The number of fused-ring (bicyclic) bond motifs is 1. The van der Waals surface area contributed by atoms with E-state index < -0.39 is 5.79 Å². The molecule has 25 heavy (non-hydrogen) atoms. The van der Waals surface area contributed by atoms with Crippen LogP contribution in [-0.4, -0.2) is 21.6 Å². The fourth-order valence-corrected chi connectivity index (χ4v) is 5.44. The summed E-state index contributed by atoms with van der Waals surface area (Å²) in [6, 6.07) is 7.07. The predicted molar refractivity (Wildman–Crippen MR) is 98.0 cm³/mol. The smallest absolute Gasteiger partial charge is 0.173 e. The van der Waals surface area contributed by atoms with Crippen LogP contribution in [0.2, 0.25) is 0 Å². The average molecular weight is 343 g/mol. The number of hydrogen-bond acceptors (Lipinski definition) is 4. The fraction of sp³-hybridized carbons (Fsp3) is 0.619. The first-order chi connectivity index (χ1) is 11.8. The lowest BCUT2D eigenvalue weighted by Crippen LogP contribution is -2.49. The van der Waals surface area contributed by atoms with Crippen molar-refractivity contribution in [2.24, 2.45) is 23.7 Å². The van der Waals surface area contributed by atoms with Gasteiger partial charge in [0.25, 0.3) is 0 Å². The molecule has 1 aromatic carbocycles. The Kier molecular flexibility index (Phi) is 3.89. The Morgan fingerprint density at radius 3 is 2.64 bits per heavy atom. The highest BCUT2D eigenvalue weighted by Gasteiger charge is 2.66. The third kappa shape index (κ3) is 2.58. The molecule has 3 fully saturated rings. The van der Waals surface area contributed by atoms with Gasteiger partial charge in [0.05, 0.1) is 5.60 Å². The summed E-state index contributed by atoms with van der Waals surface area (Å²) in [5, 5.41) is 24.1. The van der Waals surface area contributed by atoms with E-state index >= 15 is 0 Å². The summed E-state index contributed by atoms with van der Waals surface area (Å²) >= 11 is 0. The molecule has 3 N–H and O–H groups in total. The predicted octanol–water partition coefficient (Wildman–Crippen LogP) is 4.26. The van der Waals surface area contributed by atoms with Crippen molar-refractivity contribution in [3.8, 4) is 5.75 Å². The van der Waals surface area contributed by atoms with E-state index in [0.717, 1.165) is 24.9 Å². The van der Waals surface area contributed by atoms with Crippen LogP contribution in [0.4, 0.5) is 5.69 Å². The maximum atomic E-state index is 11.3. The lowest BCUT2D eigenvalue weighted by atomic mass is 9.77. The van der Waals surface area contributed by atoms with E-state index in [0.29, 0.717) is 24.2 Å². The zero-order chi connectivity index (χ0) is 17.8. The van der Waals surface area contributed by atoms with Crippen molar-refractivity contribution in [3.05, 3.63) is 36.0 Å². The first-order valence-corrected chi connectivity index (χ1v) is 9.51. The number of rotatable bonds is 3. The molecule has 0 amide bonds. The van der Waals surface area contributed by atoms with Crippen LogP contribution in [0.5, 0.6) is 5.75 Å². The lowest BCUT2D eigenvalue weighted by molar-refractivity contribution is -0.269. The minimum atomic E-state index is -1.04. The van der Waals surface area contributed by atoms with Crippen molar-refractivity contribution in [3.63, 3.8) is 0 Å². The summed E-state index contributed by atoms with van der Waals surface area (Å²) in [6.07, 6.45) is 5.90. The quantitative estimate of drug-likeness (QED) is 0.718. The van der Waals surface area contributed by atoms with Gasteiger partial charge >= 0.3 is 0 Å². The third-order valence-corrected chi connectivity index (χ3v) is 6.80. The number of hydrogen-bond donors (Lipinski definition) is 3. The lowest BCUT2D eigenvalue weighted by Gasteiger charge is -2.44. The van der Waals surface area contributed by atoms with Crippen LogP contribution in [0.1, 0.15) is 46.5 Å². The molecule has 3 aliphatic rings. The second-order valence-corrected chi connectivity index (χ2v) is 8.57. The Morgan fingerprint density at radius 1 is 1.24 bits per heavy atom. The molecule has 1 saturated carbocycles. The van der Waals surface area contributed by atoms with Gasteiger partial charge in [0.15, 0.2) is 5.79 Å². The summed E-state index contributed by atoms with van der Waals surface area (Å²) < 4.78 is 6.43. The molecular weight excluding hydrogens is 314 g/mol. The SMILES string of the molecule is CC(C)C1CC23OC1(O)C/C(=C\Nc1ccc(O)cc1)C2CCC3C. The van der Waals surface area contributed by atoms with Gasteiger partial charge in [-0.2, -0.15) is 0 Å². The van der Waals surface area contributed by atoms with Crippen molar-refractivity contribution in [2.45, 2.75) is 57.8 Å². The number of anilines is 1. The first-order valence-electron chi connectivity index (χ1n) is 9.51. The van der Waals surface area contributed by atoms with Crippen LogP contribution in [-0.2, 0) is 4.74 Å². The van der Waals surface area contributed by atoms with Gasteiger partial charge in [0.2, 0.25) is 0 Å². The van der Waals surface area contributed by atoms with Crippen LogP contribution >= 0.6 is 0 Å². The summed E-state index contributed by atoms with van der Waals surface area (Å²) in [4.78, 5) is 0. The molecule has 0 radical (unpaired) electrons. The zero-order valence-electron chi connectivity index (χ0n) is 15.3. The molecule has 2 bridgehead atoms. The van der Waals surface area contributed by atoms with Crippen molar-refractivity contribution >= 4 is 5.69 Å². The second kappa shape index (κ2) is 5.75. The highest BCUT2D eigenvalue weighted by molar-refractivity contribution is 5.49. The van der Waals surface area contributed by atoms with Gasteiger partial charge < -0.3 is 20.3 Å². The highest BCUT2D eigenvalue weighted by atomic mass is 16.6. The topological polar surface area (TPSA) is 61.7 Å². The molecule has 1 aliphatic carbocycles. The monoisotopic (exact) mass is 343 g/mol. The largest absolute Gasteiger partial charge is 0.508 e. The van der Waals surface area contributed by atoms with Crippen molar-refractivity contribution < 1.29 is 14.9 Å². The minimum absolute atomic E-state index is 0.190. The van der Waals surface area contributed by atoms with Gasteiger partial charge in [-0.25, -0.2) is 0 Å². The van der Waals surface area contributed by atoms with Crippen LogP contribution in [0.25, 0.3) is 0 Å². The van der Waals surface area contributed by atoms with Crippen LogP contribution in [0, 0.1) is 23.7 Å². The third-order valence-electron chi connectivity index (χ3n) is 6.80. The number of nitrogens with one attached hydrogen (secondary N) is 1. The molecule has 5 atom stereocenters. The number of aliphatic hydroxyl groups is 1. The van der Waals surface area contributed by atoms with E-state index in [2.05, 4.69) is 32.3 Å². The maximum Gasteiger partial charge on any atom is 0.173 e.